The molecule has 0 aliphatic heterocycles. The van der Waals surface area contributed by atoms with Crippen molar-refractivity contribution in [2.75, 3.05) is 5.32 Å². The summed E-state index contributed by atoms with van der Waals surface area (Å²) in [6.45, 7) is 6.74. The second-order valence-corrected chi connectivity index (χ2v) is 7.68. The predicted molar refractivity (Wildman–Crippen MR) is 117 cm³/mol. The fourth-order valence-corrected chi connectivity index (χ4v) is 3.71. The number of rotatable bonds is 4. The molecule has 1 unspecified atom stereocenters. The van der Waals surface area contributed by atoms with Crippen molar-refractivity contribution in [2.24, 2.45) is 0 Å². The number of hydrogen-bond donors (Lipinski definition) is 2. The SMILES string of the molecule is CC(=O)Nc1ccc(-c2cc(C)cc(-c3ccc(C(C)F)c(C)c3)c2O)cc1Cl. The zero-order chi connectivity index (χ0) is 21.3. The first-order chi connectivity index (χ1) is 13.7. The monoisotopic (exact) mass is 411 g/mol. The first kappa shape index (κ1) is 20.9. The smallest absolute Gasteiger partial charge is 0.221 e. The number of phenolic OH excluding ortho intramolecular Hbond substituents is 1. The van der Waals surface area contributed by atoms with Crippen LogP contribution in [0.15, 0.2) is 48.5 Å². The summed E-state index contributed by atoms with van der Waals surface area (Å²) in [5.41, 5.74) is 5.81. The maximum absolute atomic E-state index is 13.7. The van der Waals surface area contributed by atoms with Crippen LogP contribution in [-0.2, 0) is 4.79 Å². The van der Waals surface area contributed by atoms with Crippen molar-refractivity contribution in [3.8, 4) is 28.0 Å². The highest BCUT2D eigenvalue weighted by Crippen LogP contribution is 2.41. The third-order valence-electron chi connectivity index (χ3n) is 4.85. The molecule has 2 N–H and O–H groups in total. The molecule has 0 saturated carbocycles. The predicted octanol–water partition coefficient (Wildman–Crippen LogP) is 6.99. The molecular weight excluding hydrogens is 389 g/mol. The van der Waals surface area contributed by atoms with Gasteiger partial charge in [-0.2, -0.15) is 0 Å². The van der Waals surface area contributed by atoms with E-state index < -0.39 is 6.17 Å². The van der Waals surface area contributed by atoms with Crippen molar-refractivity contribution in [3.63, 3.8) is 0 Å². The van der Waals surface area contributed by atoms with Crippen LogP contribution in [0.2, 0.25) is 5.02 Å². The van der Waals surface area contributed by atoms with Crippen LogP contribution < -0.4 is 5.32 Å². The van der Waals surface area contributed by atoms with E-state index >= 15 is 0 Å². The van der Waals surface area contributed by atoms with Crippen molar-refractivity contribution in [1.29, 1.82) is 0 Å². The van der Waals surface area contributed by atoms with Crippen LogP contribution in [0.5, 0.6) is 5.75 Å². The van der Waals surface area contributed by atoms with E-state index in [1.54, 1.807) is 24.3 Å². The van der Waals surface area contributed by atoms with Crippen LogP contribution in [0.4, 0.5) is 10.1 Å². The van der Waals surface area contributed by atoms with Crippen LogP contribution in [0.3, 0.4) is 0 Å². The summed E-state index contributed by atoms with van der Waals surface area (Å²) in [5.74, 6) is -0.0823. The fraction of sp³-hybridized carbons (Fsp3) is 0.208. The van der Waals surface area contributed by atoms with E-state index in [1.807, 2.05) is 38.1 Å². The molecule has 0 radical (unpaired) electrons. The van der Waals surface area contributed by atoms with Crippen LogP contribution in [-0.4, -0.2) is 11.0 Å². The Morgan fingerprint density at radius 3 is 2.14 bits per heavy atom. The van der Waals surface area contributed by atoms with Crippen LogP contribution in [0, 0.1) is 13.8 Å². The zero-order valence-electron chi connectivity index (χ0n) is 16.8. The van der Waals surface area contributed by atoms with E-state index in [4.69, 9.17) is 11.6 Å². The van der Waals surface area contributed by atoms with Gasteiger partial charge in [-0.05, 0) is 72.9 Å². The van der Waals surface area contributed by atoms with Gasteiger partial charge in [0.05, 0.1) is 10.7 Å². The van der Waals surface area contributed by atoms with E-state index in [9.17, 15) is 14.3 Å². The summed E-state index contributed by atoms with van der Waals surface area (Å²) in [5, 5.41) is 14.1. The Balaban J connectivity index is 2.10. The van der Waals surface area contributed by atoms with Gasteiger partial charge in [-0.15, -0.1) is 0 Å². The van der Waals surface area contributed by atoms with Crippen LogP contribution in [0.1, 0.15) is 36.7 Å². The average molecular weight is 412 g/mol. The fourth-order valence-electron chi connectivity index (χ4n) is 3.48. The molecule has 3 aromatic rings. The minimum atomic E-state index is -1.05. The molecule has 0 aliphatic carbocycles. The van der Waals surface area contributed by atoms with Gasteiger partial charge in [0, 0.05) is 18.1 Å². The Kier molecular flexibility index (Phi) is 5.94. The lowest BCUT2D eigenvalue weighted by Crippen LogP contribution is -2.06. The van der Waals surface area contributed by atoms with Gasteiger partial charge in [0.2, 0.25) is 5.91 Å². The first-order valence-corrected chi connectivity index (χ1v) is 9.71. The van der Waals surface area contributed by atoms with Crippen molar-refractivity contribution in [2.45, 2.75) is 33.9 Å². The third kappa shape index (κ3) is 4.43. The Hall–Kier alpha value is -2.85. The molecule has 0 aromatic heterocycles. The number of aryl methyl sites for hydroxylation is 2. The second-order valence-electron chi connectivity index (χ2n) is 7.27. The Morgan fingerprint density at radius 2 is 1.62 bits per heavy atom. The molecule has 3 aromatic carbocycles. The van der Waals surface area contributed by atoms with Gasteiger partial charge in [-0.25, -0.2) is 4.39 Å². The van der Waals surface area contributed by atoms with Crippen molar-refractivity contribution in [3.05, 3.63) is 70.2 Å². The molecule has 5 heteroatoms. The molecular formula is C24H23ClFNO2. The lowest BCUT2D eigenvalue weighted by Gasteiger charge is -2.15. The number of aromatic hydroxyl groups is 1. The molecule has 3 nitrogen and oxygen atoms in total. The molecule has 3 rings (SSSR count). The lowest BCUT2D eigenvalue weighted by atomic mass is 9.92. The molecule has 29 heavy (non-hydrogen) atoms. The maximum atomic E-state index is 13.7. The molecule has 0 saturated heterocycles. The van der Waals surface area contributed by atoms with Gasteiger partial charge in [-0.1, -0.05) is 35.9 Å². The number of phenols is 1. The average Bonchev–Trinajstić information content (AvgIpc) is 2.64. The van der Waals surface area contributed by atoms with Gasteiger partial charge in [0.25, 0.3) is 0 Å². The standard InChI is InChI=1S/C24H23ClFNO2/c1-13-9-20(17-5-7-19(15(3)26)14(2)11-17)24(29)21(10-13)18-6-8-23(22(25)12-18)27-16(4)28/h5-12,15,29H,1-4H3,(H,27,28). The Labute approximate surface area is 175 Å². The summed E-state index contributed by atoms with van der Waals surface area (Å²) >= 11 is 6.31. The van der Waals surface area contributed by atoms with Crippen molar-refractivity contribution in [1.82, 2.24) is 0 Å². The van der Waals surface area contributed by atoms with E-state index in [2.05, 4.69) is 5.32 Å². The number of hydrogen-bond acceptors (Lipinski definition) is 2. The van der Waals surface area contributed by atoms with Crippen molar-refractivity contribution < 1.29 is 14.3 Å². The summed E-state index contributed by atoms with van der Waals surface area (Å²) in [7, 11) is 0. The van der Waals surface area contributed by atoms with Crippen LogP contribution >= 0.6 is 11.6 Å². The topological polar surface area (TPSA) is 49.3 Å². The molecule has 0 aliphatic rings. The number of carbonyl (C=O) groups excluding carboxylic acids is 1. The van der Waals surface area contributed by atoms with E-state index in [0.717, 1.165) is 22.3 Å². The van der Waals surface area contributed by atoms with Gasteiger partial charge in [0.15, 0.2) is 0 Å². The molecule has 1 amide bonds. The zero-order valence-corrected chi connectivity index (χ0v) is 17.6. The molecule has 0 spiro atoms. The van der Waals surface area contributed by atoms with E-state index in [0.29, 0.717) is 27.4 Å². The van der Waals surface area contributed by atoms with Crippen LogP contribution in [0.25, 0.3) is 22.3 Å². The minimum absolute atomic E-state index is 0.124. The first-order valence-electron chi connectivity index (χ1n) is 9.33. The maximum Gasteiger partial charge on any atom is 0.221 e. The highest BCUT2D eigenvalue weighted by atomic mass is 35.5. The van der Waals surface area contributed by atoms with Gasteiger partial charge >= 0.3 is 0 Å². The summed E-state index contributed by atoms with van der Waals surface area (Å²) in [4.78, 5) is 11.3. The number of carbonyl (C=O) groups is 1. The number of amides is 1. The second kappa shape index (κ2) is 8.26. The molecule has 0 fully saturated rings. The van der Waals surface area contributed by atoms with E-state index in [-0.39, 0.29) is 11.7 Å². The third-order valence-corrected chi connectivity index (χ3v) is 5.17. The lowest BCUT2D eigenvalue weighted by molar-refractivity contribution is -0.114. The summed E-state index contributed by atoms with van der Waals surface area (Å²) in [6.07, 6.45) is -1.05. The molecule has 0 heterocycles. The highest BCUT2D eigenvalue weighted by molar-refractivity contribution is 6.34. The summed E-state index contributed by atoms with van der Waals surface area (Å²) in [6, 6.07) is 14.5. The summed E-state index contributed by atoms with van der Waals surface area (Å²) < 4.78 is 13.7. The highest BCUT2D eigenvalue weighted by Gasteiger charge is 2.15. The van der Waals surface area contributed by atoms with Gasteiger partial charge < -0.3 is 10.4 Å². The van der Waals surface area contributed by atoms with Gasteiger partial charge in [0.1, 0.15) is 11.9 Å². The quantitative estimate of drug-likeness (QED) is 0.486. The van der Waals surface area contributed by atoms with E-state index in [1.165, 1.54) is 13.8 Å². The number of anilines is 1. The minimum Gasteiger partial charge on any atom is -0.507 e. The van der Waals surface area contributed by atoms with Crippen molar-refractivity contribution >= 4 is 23.2 Å². The van der Waals surface area contributed by atoms with Gasteiger partial charge in [-0.3, -0.25) is 4.79 Å². The number of alkyl halides is 1. The molecule has 1 atom stereocenters. The molecule has 0 bridgehead atoms. The molecule has 150 valence electrons. The Morgan fingerprint density at radius 1 is 1.03 bits per heavy atom. The number of benzene rings is 3. The largest absolute Gasteiger partial charge is 0.507 e. The Bertz CT molecular complexity index is 1090. The number of halogens is 2. The number of nitrogens with one attached hydrogen (secondary N) is 1. The normalized spacial score (nSPS) is 11.9.